The lowest BCUT2D eigenvalue weighted by Crippen LogP contribution is -2.45. The van der Waals surface area contributed by atoms with Gasteiger partial charge >= 0.3 is 5.76 Å². The molecule has 3 rings (SSSR count). The number of morpholine rings is 1. The molecule has 1 amide bonds. The van der Waals surface area contributed by atoms with Crippen LogP contribution < -0.4 is 16.4 Å². The van der Waals surface area contributed by atoms with Crippen LogP contribution in [0.25, 0.3) is 11.1 Å². The molecule has 2 N–H and O–H groups in total. The third-order valence-corrected chi connectivity index (χ3v) is 3.93. The standard InChI is InChI=1S/C16H22N4O4.2ClH/c1-19(2)6-7-20-12-9-11(3-4-13(12)24-16(20)22)18-15(21)14-10-17-5-8-23-14;;/h3-4,9,14,17H,5-8,10H2,1-2H3,(H,18,21);2*1H. The van der Waals surface area contributed by atoms with Crippen molar-refractivity contribution in [1.82, 2.24) is 14.8 Å². The van der Waals surface area contributed by atoms with Gasteiger partial charge in [-0.05, 0) is 32.3 Å². The van der Waals surface area contributed by atoms with Crippen LogP contribution >= 0.6 is 24.8 Å². The van der Waals surface area contributed by atoms with Gasteiger partial charge in [0.15, 0.2) is 5.58 Å². The number of benzene rings is 1. The third-order valence-electron chi connectivity index (χ3n) is 3.93. The molecule has 0 bridgehead atoms. The smallest absolute Gasteiger partial charge is 0.408 e. The van der Waals surface area contributed by atoms with E-state index in [1.54, 1.807) is 22.8 Å². The lowest BCUT2D eigenvalue weighted by molar-refractivity contribution is -0.128. The van der Waals surface area contributed by atoms with Gasteiger partial charge in [0, 0.05) is 31.9 Å². The van der Waals surface area contributed by atoms with Crippen LogP contribution in [0.5, 0.6) is 0 Å². The van der Waals surface area contributed by atoms with Gasteiger partial charge < -0.3 is 24.7 Å². The molecule has 8 nitrogen and oxygen atoms in total. The first kappa shape index (κ1) is 22.5. The molecular weight excluding hydrogens is 383 g/mol. The molecule has 0 spiro atoms. The van der Waals surface area contributed by atoms with E-state index in [1.165, 1.54) is 0 Å². The van der Waals surface area contributed by atoms with Crippen LogP contribution in [-0.4, -0.2) is 61.8 Å². The number of oxazole rings is 1. The Bertz CT molecular complexity index is 784. The Morgan fingerprint density at radius 1 is 1.38 bits per heavy atom. The largest absolute Gasteiger partial charge is 0.419 e. The summed E-state index contributed by atoms with van der Waals surface area (Å²) in [6.07, 6.45) is -0.505. The molecule has 1 unspecified atom stereocenters. The summed E-state index contributed by atoms with van der Waals surface area (Å²) in [6.45, 7) is 3.00. The van der Waals surface area contributed by atoms with E-state index in [0.717, 1.165) is 6.54 Å². The van der Waals surface area contributed by atoms with E-state index in [2.05, 4.69) is 10.6 Å². The Hall–Kier alpha value is -1.58. The number of carbonyl (C=O) groups is 1. The van der Waals surface area contributed by atoms with Crippen LogP contribution in [0.1, 0.15) is 0 Å². The van der Waals surface area contributed by atoms with Crippen LogP contribution in [0.2, 0.25) is 0 Å². The SMILES string of the molecule is CN(C)CCn1c(=O)oc2ccc(NC(=O)C3CNCCO3)cc21.Cl.Cl. The van der Waals surface area contributed by atoms with Gasteiger partial charge in [0.25, 0.3) is 5.91 Å². The highest BCUT2D eigenvalue weighted by Crippen LogP contribution is 2.19. The number of nitrogens with one attached hydrogen (secondary N) is 2. The Morgan fingerprint density at radius 3 is 2.81 bits per heavy atom. The van der Waals surface area contributed by atoms with E-state index in [9.17, 15) is 9.59 Å². The zero-order valence-electron chi connectivity index (χ0n) is 14.7. The van der Waals surface area contributed by atoms with Gasteiger partial charge in [-0.3, -0.25) is 9.36 Å². The normalized spacial score (nSPS) is 16.8. The van der Waals surface area contributed by atoms with Crippen molar-refractivity contribution < 1.29 is 13.9 Å². The van der Waals surface area contributed by atoms with Crippen molar-refractivity contribution in [2.45, 2.75) is 12.6 Å². The molecule has 0 radical (unpaired) electrons. The number of hydrogen-bond acceptors (Lipinski definition) is 6. The average Bonchev–Trinajstić information content (AvgIpc) is 2.88. The van der Waals surface area contributed by atoms with E-state index < -0.39 is 11.9 Å². The zero-order chi connectivity index (χ0) is 17.1. The number of halogens is 2. The van der Waals surface area contributed by atoms with Gasteiger partial charge in [-0.1, -0.05) is 0 Å². The maximum absolute atomic E-state index is 12.2. The highest BCUT2D eigenvalue weighted by atomic mass is 35.5. The van der Waals surface area contributed by atoms with Gasteiger partial charge in [0.05, 0.1) is 12.1 Å². The Morgan fingerprint density at radius 2 is 2.15 bits per heavy atom. The maximum Gasteiger partial charge on any atom is 0.419 e. The number of anilines is 1. The summed E-state index contributed by atoms with van der Waals surface area (Å²) in [5.41, 5.74) is 1.79. The van der Waals surface area contributed by atoms with Crippen LogP contribution in [0.3, 0.4) is 0 Å². The summed E-state index contributed by atoms with van der Waals surface area (Å²) < 4.78 is 12.3. The van der Waals surface area contributed by atoms with Crippen molar-refractivity contribution in [3.63, 3.8) is 0 Å². The quantitative estimate of drug-likeness (QED) is 0.767. The minimum absolute atomic E-state index is 0. The molecule has 1 fully saturated rings. The highest BCUT2D eigenvalue weighted by Gasteiger charge is 2.22. The van der Waals surface area contributed by atoms with Crippen LogP contribution in [-0.2, 0) is 16.1 Å². The van der Waals surface area contributed by atoms with Crippen molar-refractivity contribution in [1.29, 1.82) is 0 Å². The van der Waals surface area contributed by atoms with E-state index in [0.29, 0.717) is 43.0 Å². The summed E-state index contributed by atoms with van der Waals surface area (Å²) >= 11 is 0. The fourth-order valence-corrected chi connectivity index (χ4v) is 2.61. The molecular formula is C16H24Cl2N4O4. The first-order valence-electron chi connectivity index (χ1n) is 7.96. The molecule has 2 aromatic rings. The molecule has 0 aliphatic carbocycles. The molecule has 1 aliphatic rings. The highest BCUT2D eigenvalue weighted by molar-refractivity contribution is 5.96. The van der Waals surface area contributed by atoms with E-state index in [-0.39, 0.29) is 30.7 Å². The summed E-state index contributed by atoms with van der Waals surface area (Å²) in [5, 5.41) is 5.95. The molecule has 2 heterocycles. The van der Waals surface area contributed by atoms with Crippen LogP contribution in [0.4, 0.5) is 5.69 Å². The lowest BCUT2D eigenvalue weighted by Gasteiger charge is -2.22. The molecule has 1 aromatic heterocycles. The van der Waals surface area contributed by atoms with Crippen LogP contribution in [0.15, 0.2) is 27.4 Å². The summed E-state index contributed by atoms with van der Waals surface area (Å²) in [7, 11) is 3.88. The van der Waals surface area contributed by atoms with Crippen molar-refractivity contribution in [3.05, 3.63) is 28.7 Å². The lowest BCUT2D eigenvalue weighted by atomic mass is 10.2. The van der Waals surface area contributed by atoms with E-state index in [4.69, 9.17) is 9.15 Å². The predicted molar refractivity (Wildman–Crippen MR) is 105 cm³/mol. The summed E-state index contributed by atoms with van der Waals surface area (Å²) in [4.78, 5) is 26.2. The molecule has 1 aromatic carbocycles. The Labute approximate surface area is 163 Å². The number of rotatable bonds is 5. The molecule has 1 atom stereocenters. The van der Waals surface area contributed by atoms with Crippen molar-refractivity contribution in [3.8, 4) is 0 Å². The van der Waals surface area contributed by atoms with Gasteiger partial charge in [-0.2, -0.15) is 0 Å². The topological polar surface area (TPSA) is 88.7 Å². The Kier molecular flexibility index (Phi) is 8.58. The number of aromatic nitrogens is 1. The molecule has 0 saturated carbocycles. The third kappa shape index (κ3) is 5.21. The number of amides is 1. The number of fused-ring (bicyclic) bond motifs is 1. The van der Waals surface area contributed by atoms with Crippen molar-refractivity contribution in [2.75, 3.05) is 45.7 Å². The molecule has 146 valence electrons. The predicted octanol–water partition coefficient (Wildman–Crippen LogP) is 0.927. The second-order valence-electron chi connectivity index (χ2n) is 6.06. The first-order chi connectivity index (χ1) is 11.5. The average molecular weight is 407 g/mol. The zero-order valence-corrected chi connectivity index (χ0v) is 16.3. The van der Waals surface area contributed by atoms with Gasteiger partial charge in [0.1, 0.15) is 6.10 Å². The molecule has 10 heteroatoms. The van der Waals surface area contributed by atoms with Gasteiger partial charge in [-0.15, -0.1) is 24.8 Å². The second-order valence-corrected chi connectivity index (χ2v) is 6.06. The monoisotopic (exact) mass is 406 g/mol. The number of likely N-dealkylation sites (N-methyl/N-ethyl adjacent to an activating group) is 1. The van der Waals surface area contributed by atoms with E-state index in [1.807, 2.05) is 19.0 Å². The molecule has 1 saturated heterocycles. The number of hydrogen-bond donors (Lipinski definition) is 2. The van der Waals surface area contributed by atoms with Crippen molar-refractivity contribution >= 4 is 47.5 Å². The van der Waals surface area contributed by atoms with Gasteiger partial charge in [0.2, 0.25) is 0 Å². The van der Waals surface area contributed by atoms with Gasteiger partial charge in [-0.25, -0.2) is 4.79 Å². The van der Waals surface area contributed by atoms with Crippen LogP contribution in [0, 0.1) is 0 Å². The maximum atomic E-state index is 12.2. The van der Waals surface area contributed by atoms with E-state index >= 15 is 0 Å². The first-order valence-corrected chi connectivity index (χ1v) is 7.96. The minimum Gasteiger partial charge on any atom is -0.408 e. The number of carbonyl (C=O) groups excluding carboxylic acids is 1. The minimum atomic E-state index is -0.505. The Balaban J connectivity index is 0.00000169. The number of nitrogens with zero attached hydrogens (tertiary/aromatic N) is 2. The molecule has 1 aliphatic heterocycles. The summed E-state index contributed by atoms with van der Waals surface area (Å²) in [6, 6.07) is 5.16. The number of ether oxygens (including phenoxy) is 1. The fraction of sp³-hybridized carbons (Fsp3) is 0.500. The van der Waals surface area contributed by atoms with Crippen molar-refractivity contribution in [2.24, 2.45) is 0 Å². The molecule has 26 heavy (non-hydrogen) atoms. The summed E-state index contributed by atoms with van der Waals surface area (Å²) in [5.74, 6) is -0.595. The fourth-order valence-electron chi connectivity index (χ4n) is 2.61. The second kappa shape index (κ2) is 9.94.